The van der Waals surface area contributed by atoms with Crippen LogP contribution in [0.2, 0.25) is 0 Å². The third kappa shape index (κ3) is 3.46. The first kappa shape index (κ1) is 17.3. The Bertz CT molecular complexity index is 720. The molecule has 25 heavy (non-hydrogen) atoms. The highest BCUT2D eigenvalue weighted by molar-refractivity contribution is 5.99. The topological polar surface area (TPSA) is 67.8 Å². The second-order valence-corrected chi connectivity index (χ2v) is 6.28. The minimum absolute atomic E-state index is 0.141. The fourth-order valence-corrected chi connectivity index (χ4v) is 3.15. The zero-order chi connectivity index (χ0) is 17.9. The quantitative estimate of drug-likeness (QED) is 0.813. The Hall–Kier alpha value is -2.53. The molecule has 0 saturated heterocycles. The Labute approximate surface area is 147 Å². The van der Waals surface area contributed by atoms with Gasteiger partial charge in [-0.05, 0) is 36.5 Å². The summed E-state index contributed by atoms with van der Waals surface area (Å²) in [6.07, 6.45) is 1.92. The Morgan fingerprint density at radius 3 is 2.20 bits per heavy atom. The van der Waals surface area contributed by atoms with Crippen LogP contribution in [0.15, 0.2) is 48.5 Å². The van der Waals surface area contributed by atoms with Gasteiger partial charge >= 0.3 is 0 Å². The summed E-state index contributed by atoms with van der Waals surface area (Å²) >= 11 is 0. The number of benzene rings is 2. The van der Waals surface area contributed by atoms with Crippen molar-refractivity contribution in [3.63, 3.8) is 0 Å². The van der Waals surface area contributed by atoms with Gasteiger partial charge in [0.05, 0.1) is 20.8 Å². The fourth-order valence-electron chi connectivity index (χ4n) is 3.15. The Kier molecular flexibility index (Phi) is 4.95. The molecule has 1 atom stereocenters. The van der Waals surface area contributed by atoms with E-state index in [1.165, 1.54) is 14.2 Å². The lowest BCUT2D eigenvalue weighted by molar-refractivity contribution is 0.0134. The van der Waals surface area contributed by atoms with E-state index in [2.05, 4.69) is 5.32 Å². The zero-order valence-electron chi connectivity index (χ0n) is 14.5. The standard InChI is InChI=1S/C20H23NO4/c1-24-16-9-6-10-17(25-2)18(16)19(22)21-13-20(23,15-11-12-15)14-7-4-3-5-8-14/h3-10,15,23H,11-13H2,1-2H3,(H,21,22). The first-order valence-corrected chi connectivity index (χ1v) is 8.37. The van der Waals surface area contributed by atoms with Gasteiger partial charge in [0.2, 0.25) is 0 Å². The summed E-state index contributed by atoms with van der Waals surface area (Å²) in [5.74, 6) is 0.706. The van der Waals surface area contributed by atoms with Crippen LogP contribution < -0.4 is 14.8 Å². The maximum atomic E-state index is 12.7. The first-order chi connectivity index (χ1) is 12.1. The van der Waals surface area contributed by atoms with E-state index in [1.54, 1.807) is 18.2 Å². The van der Waals surface area contributed by atoms with Crippen molar-refractivity contribution < 1.29 is 19.4 Å². The van der Waals surface area contributed by atoms with E-state index in [1.807, 2.05) is 30.3 Å². The highest BCUT2D eigenvalue weighted by Gasteiger charge is 2.45. The molecular weight excluding hydrogens is 318 g/mol. The summed E-state index contributed by atoms with van der Waals surface area (Å²) in [5, 5.41) is 14.1. The smallest absolute Gasteiger partial charge is 0.258 e. The lowest BCUT2D eigenvalue weighted by Gasteiger charge is -2.29. The van der Waals surface area contributed by atoms with Gasteiger partial charge in [0.1, 0.15) is 22.7 Å². The fraction of sp³-hybridized carbons (Fsp3) is 0.350. The number of aliphatic hydroxyl groups is 1. The second-order valence-electron chi connectivity index (χ2n) is 6.28. The molecule has 0 bridgehead atoms. The van der Waals surface area contributed by atoms with Crippen LogP contribution in [0.25, 0.3) is 0 Å². The van der Waals surface area contributed by atoms with Crippen molar-refractivity contribution >= 4 is 5.91 Å². The molecule has 132 valence electrons. The van der Waals surface area contributed by atoms with E-state index in [4.69, 9.17) is 9.47 Å². The average molecular weight is 341 g/mol. The van der Waals surface area contributed by atoms with Crippen molar-refractivity contribution in [2.45, 2.75) is 18.4 Å². The zero-order valence-corrected chi connectivity index (χ0v) is 14.5. The summed E-state index contributed by atoms with van der Waals surface area (Å²) in [5.41, 5.74) is 0.0927. The van der Waals surface area contributed by atoms with Crippen LogP contribution in [0, 0.1) is 5.92 Å². The van der Waals surface area contributed by atoms with Crippen LogP contribution in [0.5, 0.6) is 11.5 Å². The number of ether oxygens (including phenoxy) is 2. The molecular formula is C20H23NO4. The summed E-state index contributed by atoms with van der Waals surface area (Å²) in [6, 6.07) is 14.7. The molecule has 5 heteroatoms. The SMILES string of the molecule is COc1cccc(OC)c1C(=O)NCC(O)(c1ccccc1)C1CC1. The third-order valence-electron chi connectivity index (χ3n) is 4.70. The second kappa shape index (κ2) is 7.15. The number of nitrogens with one attached hydrogen (secondary N) is 1. The van der Waals surface area contributed by atoms with E-state index in [0.717, 1.165) is 18.4 Å². The average Bonchev–Trinajstić information content (AvgIpc) is 3.51. The lowest BCUT2D eigenvalue weighted by atomic mass is 9.88. The minimum atomic E-state index is -1.06. The molecule has 1 fully saturated rings. The molecule has 1 aliphatic carbocycles. The maximum absolute atomic E-state index is 12.7. The molecule has 1 amide bonds. The van der Waals surface area contributed by atoms with Crippen LogP contribution in [-0.2, 0) is 5.60 Å². The van der Waals surface area contributed by atoms with Gasteiger partial charge in [0, 0.05) is 0 Å². The highest BCUT2D eigenvalue weighted by Crippen LogP contribution is 2.45. The number of amides is 1. The maximum Gasteiger partial charge on any atom is 0.258 e. The van der Waals surface area contributed by atoms with Gasteiger partial charge in [-0.2, -0.15) is 0 Å². The first-order valence-electron chi connectivity index (χ1n) is 8.37. The molecule has 3 rings (SSSR count). The number of hydrogen-bond donors (Lipinski definition) is 2. The van der Waals surface area contributed by atoms with Gasteiger partial charge in [-0.3, -0.25) is 4.79 Å². The van der Waals surface area contributed by atoms with E-state index < -0.39 is 5.60 Å². The van der Waals surface area contributed by atoms with Crippen LogP contribution >= 0.6 is 0 Å². The number of carbonyl (C=O) groups excluding carboxylic acids is 1. The van der Waals surface area contributed by atoms with Gasteiger partial charge in [-0.25, -0.2) is 0 Å². The molecule has 0 aliphatic heterocycles. The molecule has 1 unspecified atom stereocenters. The Morgan fingerprint density at radius 1 is 1.08 bits per heavy atom. The number of rotatable bonds is 7. The monoisotopic (exact) mass is 341 g/mol. The highest BCUT2D eigenvalue weighted by atomic mass is 16.5. The molecule has 0 radical (unpaired) electrons. The van der Waals surface area contributed by atoms with Gasteiger partial charge in [0.25, 0.3) is 5.91 Å². The van der Waals surface area contributed by atoms with Crippen molar-refractivity contribution in [2.75, 3.05) is 20.8 Å². The number of carbonyl (C=O) groups is 1. The van der Waals surface area contributed by atoms with Crippen LogP contribution in [0.1, 0.15) is 28.8 Å². The largest absolute Gasteiger partial charge is 0.496 e. The molecule has 1 saturated carbocycles. The predicted molar refractivity (Wildman–Crippen MR) is 94.9 cm³/mol. The van der Waals surface area contributed by atoms with E-state index in [9.17, 15) is 9.90 Å². The van der Waals surface area contributed by atoms with E-state index in [-0.39, 0.29) is 18.4 Å². The van der Waals surface area contributed by atoms with Gasteiger partial charge in [-0.15, -0.1) is 0 Å². The van der Waals surface area contributed by atoms with Crippen molar-refractivity contribution in [1.82, 2.24) is 5.32 Å². The Morgan fingerprint density at radius 2 is 1.68 bits per heavy atom. The van der Waals surface area contributed by atoms with Gasteiger partial charge in [0.15, 0.2) is 0 Å². The molecule has 2 N–H and O–H groups in total. The van der Waals surface area contributed by atoms with E-state index in [0.29, 0.717) is 17.1 Å². The van der Waals surface area contributed by atoms with Crippen molar-refractivity contribution in [1.29, 1.82) is 0 Å². The predicted octanol–water partition coefficient (Wildman–Crippen LogP) is 2.73. The van der Waals surface area contributed by atoms with Crippen LogP contribution in [-0.4, -0.2) is 31.8 Å². The van der Waals surface area contributed by atoms with Gasteiger partial charge < -0.3 is 19.9 Å². The lowest BCUT2D eigenvalue weighted by Crippen LogP contribution is -2.42. The van der Waals surface area contributed by atoms with Crippen LogP contribution in [0.3, 0.4) is 0 Å². The van der Waals surface area contributed by atoms with E-state index >= 15 is 0 Å². The minimum Gasteiger partial charge on any atom is -0.496 e. The summed E-state index contributed by atoms with van der Waals surface area (Å²) in [6.45, 7) is 0.141. The third-order valence-corrected chi connectivity index (χ3v) is 4.70. The molecule has 2 aromatic carbocycles. The molecule has 0 aromatic heterocycles. The molecule has 5 nitrogen and oxygen atoms in total. The van der Waals surface area contributed by atoms with Crippen molar-refractivity contribution in [2.24, 2.45) is 5.92 Å². The summed E-state index contributed by atoms with van der Waals surface area (Å²) in [4.78, 5) is 12.7. The molecule has 2 aromatic rings. The van der Waals surface area contributed by atoms with Gasteiger partial charge in [-0.1, -0.05) is 36.4 Å². The Balaban J connectivity index is 1.82. The summed E-state index contributed by atoms with van der Waals surface area (Å²) in [7, 11) is 3.02. The normalized spacial score (nSPS) is 16.0. The molecule has 0 heterocycles. The number of hydrogen-bond acceptors (Lipinski definition) is 4. The van der Waals surface area contributed by atoms with Crippen molar-refractivity contribution in [3.8, 4) is 11.5 Å². The molecule has 1 aliphatic rings. The number of methoxy groups -OCH3 is 2. The molecule has 0 spiro atoms. The summed E-state index contributed by atoms with van der Waals surface area (Å²) < 4.78 is 10.6. The van der Waals surface area contributed by atoms with Crippen LogP contribution in [0.4, 0.5) is 0 Å². The van der Waals surface area contributed by atoms with Crippen molar-refractivity contribution in [3.05, 3.63) is 59.7 Å².